The first-order valence-corrected chi connectivity index (χ1v) is 5.23. The van der Waals surface area contributed by atoms with Crippen molar-refractivity contribution in [2.45, 2.75) is 0 Å². The first kappa shape index (κ1) is 11.8. The Bertz CT molecular complexity index is 609. The van der Waals surface area contributed by atoms with Crippen LogP contribution in [0.2, 0.25) is 0 Å². The molecule has 5 heteroatoms. The van der Waals surface area contributed by atoms with E-state index < -0.39 is 4.92 Å². The fraction of sp³-hybridized carbons (Fsp3) is 0. The van der Waals surface area contributed by atoms with Gasteiger partial charge in [-0.25, -0.2) is 0 Å². The number of carbonyl (C=O) groups is 1. The van der Waals surface area contributed by atoms with Crippen molar-refractivity contribution in [3.05, 3.63) is 69.8 Å². The van der Waals surface area contributed by atoms with Gasteiger partial charge in [-0.05, 0) is 12.1 Å². The number of nitrogens with zero attached hydrogens (tertiary/aromatic N) is 1. The second kappa shape index (κ2) is 4.67. The average Bonchev–Trinajstić information content (AvgIpc) is 2.39. The lowest BCUT2D eigenvalue weighted by Gasteiger charge is -2.03. The highest BCUT2D eigenvalue weighted by Gasteiger charge is 2.21. The van der Waals surface area contributed by atoms with Gasteiger partial charge in [0.1, 0.15) is 5.56 Å². The van der Waals surface area contributed by atoms with Crippen molar-refractivity contribution in [1.29, 1.82) is 0 Å². The molecular weight excluding hydrogens is 232 g/mol. The maximum atomic E-state index is 12.1. The maximum absolute atomic E-state index is 12.1. The summed E-state index contributed by atoms with van der Waals surface area (Å²) in [7, 11) is 0. The van der Waals surface area contributed by atoms with E-state index in [0.717, 1.165) is 0 Å². The van der Waals surface area contributed by atoms with E-state index in [1.165, 1.54) is 18.2 Å². The molecule has 0 radical (unpaired) electrons. The summed E-state index contributed by atoms with van der Waals surface area (Å²) in [4.78, 5) is 22.4. The Morgan fingerprint density at radius 1 is 1.11 bits per heavy atom. The van der Waals surface area contributed by atoms with Crippen LogP contribution in [0.5, 0.6) is 0 Å². The molecule has 5 nitrogen and oxygen atoms in total. The third kappa shape index (κ3) is 2.20. The van der Waals surface area contributed by atoms with Crippen molar-refractivity contribution in [3.8, 4) is 0 Å². The van der Waals surface area contributed by atoms with Crippen LogP contribution in [-0.2, 0) is 0 Å². The summed E-state index contributed by atoms with van der Waals surface area (Å²) in [5.41, 5.74) is 5.92. The van der Waals surface area contributed by atoms with Crippen molar-refractivity contribution in [3.63, 3.8) is 0 Å². The smallest absolute Gasteiger partial charge is 0.282 e. The molecular formula is C13H10N2O3. The van der Waals surface area contributed by atoms with Crippen molar-refractivity contribution < 1.29 is 9.72 Å². The van der Waals surface area contributed by atoms with Crippen LogP contribution in [0.4, 0.5) is 11.4 Å². The Morgan fingerprint density at radius 2 is 1.78 bits per heavy atom. The molecule has 0 bridgehead atoms. The van der Waals surface area contributed by atoms with Gasteiger partial charge in [-0.2, -0.15) is 0 Å². The van der Waals surface area contributed by atoms with Gasteiger partial charge in [0, 0.05) is 17.3 Å². The van der Waals surface area contributed by atoms with Gasteiger partial charge in [0.2, 0.25) is 0 Å². The number of hydrogen-bond donors (Lipinski definition) is 1. The summed E-state index contributed by atoms with van der Waals surface area (Å²) in [6.07, 6.45) is 0. The highest BCUT2D eigenvalue weighted by Crippen LogP contribution is 2.24. The van der Waals surface area contributed by atoms with E-state index in [9.17, 15) is 14.9 Å². The molecule has 0 aliphatic carbocycles. The van der Waals surface area contributed by atoms with Crippen molar-refractivity contribution >= 4 is 17.2 Å². The van der Waals surface area contributed by atoms with Gasteiger partial charge in [0.05, 0.1) is 4.92 Å². The molecule has 0 unspecified atom stereocenters. The molecule has 0 fully saturated rings. The van der Waals surface area contributed by atoms with E-state index in [1.54, 1.807) is 30.3 Å². The van der Waals surface area contributed by atoms with Crippen LogP contribution in [0.25, 0.3) is 0 Å². The van der Waals surface area contributed by atoms with Crippen molar-refractivity contribution in [2.75, 3.05) is 5.73 Å². The number of nitrogen functional groups attached to an aromatic ring is 1. The molecule has 0 atom stereocenters. The normalized spacial score (nSPS) is 10.0. The van der Waals surface area contributed by atoms with Crippen molar-refractivity contribution in [1.82, 2.24) is 0 Å². The summed E-state index contributed by atoms with van der Waals surface area (Å²) >= 11 is 0. The number of benzene rings is 2. The Balaban J connectivity index is 2.52. The number of nitrogens with two attached hydrogens (primary N) is 1. The summed E-state index contributed by atoms with van der Waals surface area (Å²) in [5, 5.41) is 10.9. The summed E-state index contributed by atoms with van der Waals surface area (Å²) in [6, 6.07) is 12.5. The molecule has 0 aromatic heterocycles. The molecule has 18 heavy (non-hydrogen) atoms. The van der Waals surface area contributed by atoms with Crippen LogP contribution in [0, 0.1) is 10.1 Å². The number of ketones is 1. The van der Waals surface area contributed by atoms with Gasteiger partial charge >= 0.3 is 0 Å². The zero-order chi connectivity index (χ0) is 13.1. The average molecular weight is 242 g/mol. The molecule has 0 heterocycles. The number of anilines is 1. The lowest BCUT2D eigenvalue weighted by molar-refractivity contribution is -0.385. The monoisotopic (exact) mass is 242 g/mol. The van der Waals surface area contributed by atoms with E-state index in [1.807, 2.05) is 0 Å². The van der Waals surface area contributed by atoms with Crippen molar-refractivity contribution in [2.24, 2.45) is 0 Å². The lowest BCUT2D eigenvalue weighted by Crippen LogP contribution is -2.06. The minimum Gasteiger partial charge on any atom is -0.399 e. The Labute approximate surface area is 103 Å². The predicted molar refractivity (Wildman–Crippen MR) is 67.4 cm³/mol. The first-order valence-electron chi connectivity index (χ1n) is 5.23. The van der Waals surface area contributed by atoms with E-state index >= 15 is 0 Å². The molecule has 0 amide bonds. The van der Waals surface area contributed by atoms with Crippen LogP contribution in [0.1, 0.15) is 15.9 Å². The summed E-state index contributed by atoms with van der Waals surface area (Å²) in [6.45, 7) is 0. The number of carbonyl (C=O) groups excluding carboxylic acids is 1. The SMILES string of the molecule is Nc1ccc(C(=O)c2ccccc2)c([N+](=O)[O-])c1. The minimum atomic E-state index is -0.605. The third-order valence-corrected chi connectivity index (χ3v) is 2.50. The van der Waals surface area contributed by atoms with E-state index in [4.69, 9.17) is 5.73 Å². The highest BCUT2D eigenvalue weighted by molar-refractivity contribution is 6.11. The molecule has 0 saturated heterocycles. The van der Waals surface area contributed by atoms with E-state index in [2.05, 4.69) is 0 Å². The van der Waals surface area contributed by atoms with Gasteiger partial charge in [0.15, 0.2) is 5.78 Å². The second-order valence-electron chi connectivity index (χ2n) is 3.73. The Hall–Kier alpha value is -2.69. The number of rotatable bonds is 3. The Morgan fingerprint density at radius 3 is 2.39 bits per heavy atom. The topological polar surface area (TPSA) is 86.2 Å². The predicted octanol–water partition coefficient (Wildman–Crippen LogP) is 2.41. The molecule has 0 aliphatic rings. The third-order valence-electron chi connectivity index (χ3n) is 2.50. The van der Waals surface area contributed by atoms with Gasteiger partial charge < -0.3 is 5.73 Å². The summed E-state index contributed by atoms with van der Waals surface area (Å²) < 4.78 is 0. The van der Waals surface area contributed by atoms with Gasteiger partial charge in [0.25, 0.3) is 5.69 Å². The highest BCUT2D eigenvalue weighted by atomic mass is 16.6. The number of nitro groups is 1. The zero-order valence-electron chi connectivity index (χ0n) is 9.37. The van der Waals surface area contributed by atoms with Crippen LogP contribution in [0.3, 0.4) is 0 Å². The molecule has 0 spiro atoms. The molecule has 0 aliphatic heterocycles. The molecule has 2 aromatic carbocycles. The number of nitro benzene ring substituents is 1. The van der Waals surface area contributed by atoms with Gasteiger partial charge in [-0.15, -0.1) is 0 Å². The van der Waals surface area contributed by atoms with Gasteiger partial charge in [-0.1, -0.05) is 30.3 Å². The van der Waals surface area contributed by atoms with Crippen LogP contribution in [-0.4, -0.2) is 10.7 Å². The van der Waals surface area contributed by atoms with Gasteiger partial charge in [-0.3, -0.25) is 14.9 Å². The Kier molecular flexibility index (Phi) is 3.05. The fourth-order valence-electron chi connectivity index (χ4n) is 1.64. The first-order chi connectivity index (χ1) is 8.59. The van der Waals surface area contributed by atoms with Crippen LogP contribution < -0.4 is 5.73 Å². The quantitative estimate of drug-likeness (QED) is 0.387. The largest absolute Gasteiger partial charge is 0.399 e. The molecule has 2 rings (SSSR count). The molecule has 0 saturated carbocycles. The second-order valence-corrected chi connectivity index (χ2v) is 3.73. The maximum Gasteiger partial charge on any atom is 0.282 e. The standard InChI is InChI=1S/C13H10N2O3/c14-10-6-7-11(12(8-10)15(17)18)13(16)9-4-2-1-3-5-9/h1-8H,14H2. The minimum absolute atomic E-state index is 0.0420. The van der Waals surface area contributed by atoms with E-state index in [-0.39, 0.29) is 22.7 Å². The summed E-state index contributed by atoms with van der Waals surface area (Å²) in [5.74, 6) is -0.387. The van der Waals surface area contributed by atoms with E-state index in [0.29, 0.717) is 5.56 Å². The fourth-order valence-corrected chi connectivity index (χ4v) is 1.64. The molecule has 2 N–H and O–H groups in total. The molecule has 2 aromatic rings. The zero-order valence-corrected chi connectivity index (χ0v) is 9.37. The number of hydrogen-bond acceptors (Lipinski definition) is 4. The lowest BCUT2D eigenvalue weighted by atomic mass is 10.0. The van der Waals surface area contributed by atoms with Crippen LogP contribution in [0.15, 0.2) is 48.5 Å². The molecule has 90 valence electrons. The van der Waals surface area contributed by atoms with Crippen LogP contribution >= 0.6 is 0 Å².